The smallest absolute Gasteiger partial charge is 0.220 e. The van der Waals surface area contributed by atoms with Crippen molar-refractivity contribution in [1.82, 2.24) is 5.32 Å². The first-order chi connectivity index (χ1) is 8.59. The van der Waals surface area contributed by atoms with Crippen molar-refractivity contribution < 1.29 is 9.90 Å². The Bertz CT molecular complexity index is 241. The van der Waals surface area contributed by atoms with Crippen molar-refractivity contribution >= 4 is 5.91 Å². The average molecular weight is 255 g/mol. The third-order valence-corrected chi connectivity index (χ3v) is 3.87. The number of unbranched alkanes of at least 4 members (excludes halogenated alkanes) is 2. The molecule has 3 heteroatoms. The van der Waals surface area contributed by atoms with Gasteiger partial charge >= 0.3 is 0 Å². The monoisotopic (exact) mass is 255 g/mol. The van der Waals surface area contributed by atoms with E-state index in [-0.39, 0.29) is 17.9 Å². The molecule has 0 aromatic carbocycles. The molecule has 3 nitrogen and oxygen atoms in total. The van der Waals surface area contributed by atoms with Gasteiger partial charge in [-0.3, -0.25) is 4.79 Å². The van der Waals surface area contributed by atoms with Gasteiger partial charge in [0.15, 0.2) is 0 Å². The lowest BCUT2D eigenvalue weighted by atomic mass is 10.0. The van der Waals surface area contributed by atoms with Crippen LogP contribution in [0.1, 0.15) is 65.2 Å². The molecule has 0 radical (unpaired) electrons. The average Bonchev–Trinajstić information content (AvgIpc) is 2.71. The third kappa shape index (κ3) is 6.39. The van der Waals surface area contributed by atoms with Crippen molar-refractivity contribution in [3.63, 3.8) is 0 Å². The van der Waals surface area contributed by atoms with Crippen LogP contribution in [-0.2, 0) is 4.79 Å². The fourth-order valence-electron chi connectivity index (χ4n) is 2.60. The molecule has 0 aliphatic heterocycles. The number of hydrogen-bond donors (Lipinski definition) is 2. The second-order valence-electron chi connectivity index (χ2n) is 6.06. The maximum absolute atomic E-state index is 11.6. The number of aliphatic hydroxyl groups is 1. The summed E-state index contributed by atoms with van der Waals surface area (Å²) in [6.07, 6.45) is 8.12. The molecular formula is C15H29NO2. The van der Waals surface area contributed by atoms with Gasteiger partial charge in [0, 0.05) is 18.9 Å². The SMILES string of the molecule is CC(C)CCCCCC(=O)NCC1CCCC1O. The standard InChI is InChI=1S/C15H29NO2/c1-12(2)7-4-3-5-10-15(18)16-11-13-8-6-9-14(13)17/h12-14,17H,3-11H2,1-2H3,(H,16,18). The van der Waals surface area contributed by atoms with Crippen LogP contribution in [0.5, 0.6) is 0 Å². The van der Waals surface area contributed by atoms with Crippen LogP contribution in [0, 0.1) is 11.8 Å². The van der Waals surface area contributed by atoms with Crippen LogP contribution < -0.4 is 5.32 Å². The van der Waals surface area contributed by atoms with Crippen molar-refractivity contribution in [3.05, 3.63) is 0 Å². The van der Waals surface area contributed by atoms with Gasteiger partial charge in [0.1, 0.15) is 0 Å². The van der Waals surface area contributed by atoms with Crippen LogP contribution >= 0.6 is 0 Å². The zero-order valence-electron chi connectivity index (χ0n) is 12.0. The second-order valence-corrected chi connectivity index (χ2v) is 6.06. The Kier molecular flexibility index (Phi) is 7.33. The molecule has 0 heterocycles. The van der Waals surface area contributed by atoms with Gasteiger partial charge in [-0.05, 0) is 25.2 Å². The molecule has 2 unspecified atom stereocenters. The van der Waals surface area contributed by atoms with Gasteiger partial charge in [0.2, 0.25) is 5.91 Å². The fraction of sp³-hybridized carbons (Fsp3) is 0.933. The summed E-state index contributed by atoms with van der Waals surface area (Å²) >= 11 is 0. The lowest BCUT2D eigenvalue weighted by Gasteiger charge is -2.15. The number of rotatable bonds is 8. The largest absolute Gasteiger partial charge is 0.393 e. The van der Waals surface area contributed by atoms with E-state index in [2.05, 4.69) is 19.2 Å². The third-order valence-electron chi connectivity index (χ3n) is 3.87. The maximum Gasteiger partial charge on any atom is 0.220 e. The van der Waals surface area contributed by atoms with E-state index in [4.69, 9.17) is 0 Å². The topological polar surface area (TPSA) is 49.3 Å². The molecule has 18 heavy (non-hydrogen) atoms. The molecule has 1 fully saturated rings. The van der Waals surface area contributed by atoms with E-state index in [1.165, 1.54) is 12.8 Å². The van der Waals surface area contributed by atoms with Gasteiger partial charge in [0.25, 0.3) is 0 Å². The van der Waals surface area contributed by atoms with Crippen molar-refractivity contribution in [1.29, 1.82) is 0 Å². The summed E-state index contributed by atoms with van der Waals surface area (Å²) < 4.78 is 0. The highest BCUT2D eigenvalue weighted by Crippen LogP contribution is 2.24. The highest BCUT2D eigenvalue weighted by atomic mass is 16.3. The number of nitrogens with one attached hydrogen (secondary N) is 1. The van der Waals surface area contributed by atoms with E-state index in [9.17, 15) is 9.90 Å². The van der Waals surface area contributed by atoms with E-state index in [0.29, 0.717) is 13.0 Å². The zero-order chi connectivity index (χ0) is 13.4. The van der Waals surface area contributed by atoms with Crippen LogP contribution in [0.15, 0.2) is 0 Å². The van der Waals surface area contributed by atoms with Gasteiger partial charge in [0.05, 0.1) is 6.10 Å². The summed E-state index contributed by atoms with van der Waals surface area (Å²) in [7, 11) is 0. The van der Waals surface area contributed by atoms with Gasteiger partial charge in [-0.15, -0.1) is 0 Å². The Morgan fingerprint density at radius 2 is 2.06 bits per heavy atom. The molecule has 0 aromatic heterocycles. The summed E-state index contributed by atoms with van der Waals surface area (Å²) in [5.74, 6) is 1.20. The number of carbonyl (C=O) groups excluding carboxylic acids is 1. The van der Waals surface area contributed by atoms with E-state index < -0.39 is 0 Å². The van der Waals surface area contributed by atoms with E-state index in [1.54, 1.807) is 0 Å². The van der Waals surface area contributed by atoms with E-state index >= 15 is 0 Å². The molecule has 1 rings (SSSR count). The van der Waals surface area contributed by atoms with E-state index in [0.717, 1.165) is 38.0 Å². The highest BCUT2D eigenvalue weighted by molar-refractivity contribution is 5.75. The zero-order valence-corrected chi connectivity index (χ0v) is 12.0. The Balaban J connectivity index is 1.97. The van der Waals surface area contributed by atoms with Crippen LogP contribution in [0.2, 0.25) is 0 Å². The molecule has 0 saturated heterocycles. The molecule has 0 spiro atoms. The molecule has 2 atom stereocenters. The molecule has 1 aliphatic carbocycles. The summed E-state index contributed by atoms with van der Waals surface area (Å²) in [5, 5.41) is 12.6. The summed E-state index contributed by atoms with van der Waals surface area (Å²) in [5.41, 5.74) is 0. The Morgan fingerprint density at radius 1 is 1.28 bits per heavy atom. The van der Waals surface area contributed by atoms with Crippen LogP contribution in [0.25, 0.3) is 0 Å². The molecule has 1 amide bonds. The maximum atomic E-state index is 11.6. The first-order valence-corrected chi connectivity index (χ1v) is 7.54. The Hall–Kier alpha value is -0.570. The normalized spacial score (nSPS) is 23.6. The molecule has 0 bridgehead atoms. The summed E-state index contributed by atoms with van der Waals surface area (Å²) in [6.45, 7) is 5.13. The fourth-order valence-corrected chi connectivity index (χ4v) is 2.60. The van der Waals surface area contributed by atoms with Gasteiger partial charge in [-0.25, -0.2) is 0 Å². The Labute approximate surface area is 111 Å². The summed E-state index contributed by atoms with van der Waals surface area (Å²) in [6, 6.07) is 0. The number of aliphatic hydroxyl groups excluding tert-OH is 1. The number of carbonyl (C=O) groups is 1. The van der Waals surface area contributed by atoms with Crippen molar-refractivity contribution in [2.75, 3.05) is 6.54 Å². The van der Waals surface area contributed by atoms with Crippen molar-refractivity contribution in [2.45, 2.75) is 71.3 Å². The quantitative estimate of drug-likeness (QED) is 0.655. The minimum atomic E-state index is -0.198. The molecule has 2 N–H and O–H groups in total. The molecule has 106 valence electrons. The minimum absolute atomic E-state index is 0.152. The molecule has 0 aromatic rings. The van der Waals surface area contributed by atoms with Crippen molar-refractivity contribution in [2.24, 2.45) is 11.8 Å². The van der Waals surface area contributed by atoms with Gasteiger partial charge < -0.3 is 10.4 Å². The summed E-state index contributed by atoms with van der Waals surface area (Å²) in [4.78, 5) is 11.6. The highest BCUT2D eigenvalue weighted by Gasteiger charge is 2.25. The first kappa shape index (κ1) is 15.5. The van der Waals surface area contributed by atoms with Crippen LogP contribution in [0.3, 0.4) is 0 Å². The predicted octanol–water partition coefficient (Wildman–Crippen LogP) is 2.87. The van der Waals surface area contributed by atoms with Crippen LogP contribution in [0.4, 0.5) is 0 Å². The molecule has 1 saturated carbocycles. The van der Waals surface area contributed by atoms with Crippen molar-refractivity contribution in [3.8, 4) is 0 Å². The lowest BCUT2D eigenvalue weighted by Crippen LogP contribution is -2.32. The second kappa shape index (κ2) is 8.52. The first-order valence-electron chi connectivity index (χ1n) is 7.54. The molecule has 1 aliphatic rings. The molecular weight excluding hydrogens is 226 g/mol. The van der Waals surface area contributed by atoms with Gasteiger partial charge in [-0.2, -0.15) is 0 Å². The van der Waals surface area contributed by atoms with E-state index in [1.807, 2.05) is 0 Å². The predicted molar refractivity (Wildman–Crippen MR) is 74.3 cm³/mol. The van der Waals surface area contributed by atoms with Gasteiger partial charge in [-0.1, -0.05) is 39.5 Å². The number of amides is 1. The number of hydrogen-bond acceptors (Lipinski definition) is 2. The van der Waals surface area contributed by atoms with Crippen LogP contribution in [-0.4, -0.2) is 23.7 Å². The lowest BCUT2D eigenvalue weighted by molar-refractivity contribution is -0.121. The Morgan fingerprint density at radius 3 is 2.67 bits per heavy atom. The minimum Gasteiger partial charge on any atom is -0.393 e.